The van der Waals surface area contributed by atoms with E-state index >= 15 is 0 Å². The van der Waals surface area contributed by atoms with Gasteiger partial charge in [0, 0.05) is 27.7 Å². The van der Waals surface area contributed by atoms with Gasteiger partial charge in [-0.2, -0.15) is 0 Å². The normalized spacial score (nSPS) is 10.6. The lowest BCUT2D eigenvalue weighted by Crippen LogP contribution is -2.26. The number of aliphatic hydroxyl groups is 1. The van der Waals surface area contributed by atoms with Crippen molar-refractivity contribution in [1.82, 2.24) is 5.32 Å². The lowest BCUT2D eigenvalue weighted by molar-refractivity contribution is 0.0947. The summed E-state index contributed by atoms with van der Waals surface area (Å²) >= 11 is 1.51. The zero-order valence-electron chi connectivity index (χ0n) is 8.56. The van der Waals surface area contributed by atoms with Crippen LogP contribution in [-0.2, 0) is 0 Å². The van der Waals surface area contributed by atoms with E-state index in [1.54, 1.807) is 11.4 Å². The number of nitrogens with two attached hydrogens (primary N) is 1. The number of amides is 1. The minimum atomic E-state index is -0.175. The smallest absolute Gasteiger partial charge is 0.252 e. The molecule has 1 amide bonds. The molecule has 5 heteroatoms. The number of nitrogen functional groups attached to an aromatic ring is 1. The molecule has 2 rings (SSSR count). The van der Waals surface area contributed by atoms with Crippen LogP contribution in [0.1, 0.15) is 10.4 Å². The lowest BCUT2D eigenvalue weighted by Gasteiger charge is -2.02. The lowest BCUT2D eigenvalue weighted by atomic mass is 10.1. The predicted octanol–water partition coefficient (Wildman–Crippen LogP) is 1.21. The van der Waals surface area contributed by atoms with E-state index in [1.165, 1.54) is 11.3 Å². The van der Waals surface area contributed by atoms with Gasteiger partial charge >= 0.3 is 0 Å². The van der Waals surface area contributed by atoms with E-state index in [1.807, 2.05) is 12.1 Å². The third-order valence-electron chi connectivity index (χ3n) is 2.24. The number of thiophene rings is 1. The largest absolute Gasteiger partial charge is 0.399 e. The van der Waals surface area contributed by atoms with Crippen LogP contribution in [-0.4, -0.2) is 24.2 Å². The first kappa shape index (κ1) is 10.9. The number of aliphatic hydroxyl groups excluding tert-OH is 1. The van der Waals surface area contributed by atoms with Crippen LogP contribution in [0.4, 0.5) is 5.69 Å². The quantitative estimate of drug-likeness (QED) is 0.701. The van der Waals surface area contributed by atoms with Crippen LogP contribution in [0.5, 0.6) is 0 Å². The molecular weight excluding hydrogens is 224 g/mol. The fourth-order valence-corrected chi connectivity index (χ4v) is 2.41. The van der Waals surface area contributed by atoms with Crippen molar-refractivity contribution in [2.45, 2.75) is 0 Å². The monoisotopic (exact) mass is 236 g/mol. The summed E-state index contributed by atoms with van der Waals surface area (Å²) in [6.07, 6.45) is 0. The Morgan fingerprint density at radius 3 is 3.06 bits per heavy atom. The number of hydrogen-bond donors (Lipinski definition) is 3. The number of rotatable bonds is 3. The summed E-state index contributed by atoms with van der Waals surface area (Å²) in [5.74, 6) is -0.175. The molecule has 0 aliphatic carbocycles. The van der Waals surface area contributed by atoms with Gasteiger partial charge in [0.25, 0.3) is 5.91 Å². The van der Waals surface area contributed by atoms with Gasteiger partial charge < -0.3 is 16.2 Å². The summed E-state index contributed by atoms with van der Waals surface area (Å²) in [5.41, 5.74) is 6.94. The molecule has 0 fully saturated rings. The molecule has 0 aliphatic rings. The van der Waals surface area contributed by atoms with Crippen LogP contribution in [0, 0.1) is 0 Å². The molecule has 0 saturated carbocycles. The molecule has 0 atom stereocenters. The third kappa shape index (κ3) is 2.00. The van der Waals surface area contributed by atoms with E-state index in [0.29, 0.717) is 11.3 Å². The first-order chi connectivity index (χ1) is 7.72. The van der Waals surface area contributed by atoms with Crippen LogP contribution in [0.15, 0.2) is 23.6 Å². The molecule has 0 aliphatic heterocycles. The summed E-state index contributed by atoms with van der Waals surface area (Å²) in [4.78, 5) is 11.7. The first-order valence-corrected chi connectivity index (χ1v) is 5.76. The van der Waals surface area contributed by atoms with Crippen molar-refractivity contribution in [2.75, 3.05) is 18.9 Å². The van der Waals surface area contributed by atoms with Crippen molar-refractivity contribution in [3.8, 4) is 0 Å². The average molecular weight is 236 g/mol. The molecule has 1 heterocycles. The Balaban J connectivity index is 2.37. The number of anilines is 1. The van der Waals surface area contributed by atoms with Gasteiger partial charge in [0.05, 0.1) is 12.2 Å². The van der Waals surface area contributed by atoms with Gasteiger partial charge in [-0.05, 0) is 18.2 Å². The second-order valence-electron chi connectivity index (χ2n) is 3.38. The van der Waals surface area contributed by atoms with Gasteiger partial charge in [0.15, 0.2) is 0 Å². The maximum Gasteiger partial charge on any atom is 0.252 e. The Morgan fingerprint density at radius 1 is 1.50 bits per heavy atom. The Kier molecular flexibility index (Phi) is 3.07. The van der Waals surface area contributed by atoms with Crippen molar-refractivity contribution < 1.29 is 9.90 Å². The molecule has 0 spiro atoms. The zero-order chi connectivity index (χ0) is 11.5. The molecule has 1 aromatic heterocycles. The molecule has 0 bridgehead atoms. The molecular formula is C11H12N2O2S. The van der Waals surface area contributed by atoms with Crippen LogP contribution in [0.3, 0.4) is 0 Å². The van der Waals surface area contributed by atoms with Crippen LogP contribution in [0.2, 0.25) is 0 Å². The van der Waals surface area contributed by atoms with Gasteiger partial charge in [0.1, 0.15) is 0 Å². The van der Waals surface area contributed by atoms with Gasteiger partial charge in [-0.1, -0.05) is 0 Å². The highest BCUT2D eigenvalue weighted by molar-refractivity contribution is 7.17. The predicted molar refractivity (Wildman–Crippen MR) is 65.7 cm³/mol. The fraction of sp³-hybridized carbons (Fsp3) is 0.182. The Bertz CT molecular complexity index is 522. The molecule has 4 nitrogen and oxygen atoms in total. The van der Waals surface area contributed by atoms with Crippen molar-refractivity contribution in [3.63, 3.8) is 0 Å². The highest BCUT2D eigenvalue weighted by atomic mass is 32.1. The molecule has 1 aromatic carbocycles. The minimum Gasteiger partial charge on any atom is -0.399 e. The van der Waals surface area contributed by atoms with E-state index in [4.69, 9.17) is 10.8 Å². The summed E-state index contributed by atoms with van der Waals surface area (Å²) in [5, 5.41) is 13.9. The molecule has 2 aromatic rings. The Morgan fingerprint density at radius 2 is 2.31 bits per heavy atom. The fourth-order valence-electron chi connectivity index (χ4n) is 1.49. The average Bonchev–Trinajstić information content (AvgIpc) is 2.68. The summed E-state index contributed by atoms with van der Waals surface area (Å²) in [7, 11) is 0. The highest BCUT2D eigenvalue weighted by Crippen LogP contribution is 2.27. The van der Waals surface area contributed by atoms with E-state index in [2.05, 4.69) is 5.32 Å². The highest BCUT2D eigenvalue weighted by Gasteiger charge is 2.11. The van der Waals surface area contributed by atoms with Gasteiger partial charge in [-0.25, -0.2) is 0 Å². The number of carbonyl (C=O) groups is 1. The van der Waals surface area contributed by atoms with Gasteiger partial charge in [-0.3, -0.25) is 4.79 Å². The maximum absolute atomic E-state index is 11.7. The SMILES string of the molecule is Nc1ccc2scc(C(=O)NCCO)c2c1. The number of carbonyl (C=O) groups excluding carboxylic acids is 1. The standard InChI is InChI=1S/C11H12N2O2S/c12-7-1-2-10-8(5-7)9(6-16-10)11(15)13-3-4-14/h1-2,5-6,14H,3-4,12H2,(H,13,15). The second-order valence-corrected chi connectivity index (χ2v) is 4.30. The summed E-state index contributed by atoms with van der Waals surface area (Å²) < 4.78 is 1.03. The molecule has 84 valence electrons. The van der Waals surface area contributed by atoms with E-state index in [9.17, 15) is 4.79 Å². The Labute approximate surface area is 96.7 Å². The maximum atomic E-state index is 11.7. The topological polar surface area (TPSA) is 75.4 Å². The summed E-state index contributed by atoms with van der Waals surface area (Å²) in [6, 6.07) is 5.51. The van der Waals surface area contributed by atoms with Crippen molar-refractivity contribution in [1.29, 1.82) is 0 Å². The molecule has 16 heavy (non-hydrogen) atoms. The second kappa shape index (κ2) is 4.51. The number of nitrogens with one attached hydrogen (secondary N) is 1. The van der Waals surface area contributed by atoms with Crippen LogP contribution in [0.25, 0.3) is 10.1 Å². The van der Waals surface area contributed by atoms with Crippen molar-refractivity contribution in [2.24, 2.45) is 0 Å². The van der Waals surface area contributed by atoms with Gasteiger partial charge in [0.2, 0.25) is 0 Å². The van der Waals surface area contributed by atoms with Crippen LogP contribution < -0.4 is 11.1 Å². The van der Waals surface area contributed by atoms with Crippen molar-refractivity contribution in [3.05, 3.63) is 29.1 Å². The van der Waals surface area contributed by atoms with Crippen LogP contribution >= 0.6 is 11.3 Å². The summed E-state index contributed by atoms with van der Waals surface area (Å²) in [6.45, 7) is 0.203. The van der Waals surface area contributed by atoms with E-state index in [0.717, 1.165) is 10.1 Å². The molecule has 0 unspecified atom stereocenters. The number of benzene rings is 1. The first-order valence-electron chi connectivity index (χ1n) is 4.88. The number of hydrogen-bond acceptors (Lipinski definition) is 4. The van der Waals surface area contributed by atoms with E-state index < -0.39 is 0 Å². The van der Waals surface area contributed by atoms with Gasteiger partial charge in [-0.15, -0.1) is 11.3 Å². The molecule has 0 saturated heterocycles. The number of fused-ring (bicyclic) bond motifs is 1. The zero-order valence-corrected chi connectivity index (χ0v) is 9.38. The van der Waals surface area contributed by atoms with E-state index in [-0.39, 0.29) is 19.1 Å². The Hall–Kier alpha value is -1.59. The molecule has 0 radical (unpaired) electrons. The third-order valence-corrected chi connectivity index (χ3v) is 3.20. The van der Waals surface area contributed by atoms with Crippen molar-refractivity contribution >= 4 is 33.0 Å². The minimum absolute atomic E-state index is 0.0596. The molecule has 4 N–H and O–H groups in total.